The molecule has 0 fully saturated rings. The largest absolute Gasteiger partial charge is 0.481 e. The van der Waals surface area contributed by atoms with E-state index >= 15 is 0 Å². The number of benzene rings is 1. The lowest BCUT2D eigenvalue weighted by Gasteiger charge is -2.15. The summed E-state index contributed by atoms with van der Waals surface area (Å²) in [7, 11) is 0. The summed E-state index contributed by atoms with van der Waals surface area (Å²) in [5.74, 6) is -1.19. The molecule has 0 aliphatic carbocycles. The Morgan fingerprint density at radius 3 is 2.56 bits per heavy atom. The Morgan fingerprint density at radius 1 is 1.39 bits per heavy atom. The maximum absolute atomic E-state index is 12.0. The Kier molecular flexibility index (Phi) is 5.81. The molecule has 0 radical (unpaired) electrons. The van der Waals surface area contributed by atoms with Crippen LogP contribution in [0.1, 0.15) is 30.1 Å². The highest BCUT2D eigenvalue weighted by atomic mass is 79.9. The number of rotatable bonds is 5. The highest BCUT2D eigenvalue weighted by Crippen LogP contribution is 2.22. The minimum absolute atomic E-state index is 0.0730. The van der Waals surface area contributed by atoms with Crippen LogP contribution in [0.5, 0.6) is 0 Å². The highest BCUT2D eigenvalue weighted by molar-refractivity contribution is 9.11. The summed E-state index contributed by atoms with van der Waals surface area (Å²) >= 11 is 6.61. The van der Waals surface area contributed by atoms with Crippen molar-refractivity contribution >= 4 is 43.7 Å². The predicted octanol–water partition coefficient (Wildman–Crippen LogP) is 3.19. The van der Waals surface area contributed by atoms with Crippen LogP contribution in [0.4, 0.5) is 0 Å². The summed E-state index contributed by atoms with van der Waals surface area (Å²) in [5, 5.41) is 11.4. The van der Waals surface area contributed by atoms with Gasteiger partial charge in [-0.2, -0.15) is 0 Å². The van der Waals surface area contributed by atoms with Gasteiger partial charge in [-0.15, -0.1) is 0 Å². The zero-order valence-corrected chi connectivity index (χ0v) is 12.9. The van der Waals surface area contributed by atoms with Crippen LogP contribution in [0.25, 0.3) is 0 Å². The fourth-order valence-corrected chi connectivity index (χ4v) is 2.67. The fraction of sp³-hybridized carbons (Fsp3) is 0.333. The van der Waals surface area contributed by atoms with E-state index in [9.17, 15) is 9.59 Å². The van der Waals surface area contributed by atoms with Gasteiger partial charge in [-0.3, -0.25) is 9.59 Å². The van der Waals surface area contributed by atoms with Crippen molar-refractivity contribution in [2.24, 2.45) is 0 Å². The number of hydrogen-bond donors (Lipinski definition) is 2. The Morgan fingerprint density at radius 2 is 2.06 bits per heavy atom. The third kappa shape index (κ3) is 4.42. The molecule has 1 amide bonds. The Hall–Kier alpha value is -0.880. The molecule has 1 unspecified atom stereocenters. The second-order valence-corrected chi connectivity index (χ2v) is 5.57. The lowest BCUT2D eigenvalue weighted by Crippen LogP contribution is -2.36. The molecule has 0 aliphatic rings. The Labute approximate surface area is 122 Å². The van der Waals surface area contributed by atoms with Gasteiger partial charge in [0.1, 0.15) is 0 Å². The first-order valence-electron chi connectivity index (χ1n) is 5.41. The number of carbonyl (C=O) groups excluding carboxylic acids is 1. The van der Waals surface area contributed by atoms with Crippen LogP contribution in [0.2, 0.25) is 0 Å². The van der Waals surface area contributed by atoms with E-state index in [0.29, 0.717) is 16.5 Å². The van der Waals surface area contributed by atoms with E-state index in [-0.39, 0.29) is 18.4 Å². The van der Waals surface area contributed by atoms with Gasteiger partial charge in [-0.05, 0) is 40.5 Å². The van der Waals surface area contributed by atoms with Gasteiger partial charge in [0.15, 0.2) is 0 Å². The first kappa shape index (κ1) is 15.2. The lowest BCUT2D eigenvalue weighted by molar-refractivity contribution is -0.137. The molecule has 2 N–H and O–H groups in total. The topological polar surface area (TPSA) is 66.4 Å². The van der Waals surface area contributed by atoms with Crippen LogP contribution in [-0.4, -0.2) is 23.0 Å². The third-order valence-corrected chi connectivity index (χ3v) is 3.57. The minimum Gasteiger partial charge on any atom is -0.481 e. The smallest absolute Gasteiger partial charge is 0.305 e. The van der Waals surface area contributed by atoms with Gasteiger partial charge in [0, 0.05) is 15.0 Å². The van der Waals surface area contributed by atoms with Crippen LogP contribution in [0, 0.1) is 0 Å². The molecular weight excluding hydrogens is 366 g/mol. The molecule has 6 heteroatoms. The van der Waals surface area contributed by atoms with Crippen molar-refractivity contribution in [2.75, 3.05) is 0 Å². The maximum Gasteiger partial charge on any atom is 0.305 e. The molecule has 0 bridgehead atoms. The molecule has 98 valence electrons. The molecule has 1 aromatic carbocycles. The van der Waals surface area contributed by atoms with E-state index in [1.165, 1.54) is 0 Å². The van der Waals surface area contributed by atoms with Crippen LogP contribution >= 0.6 is 31.9 Å². The zero-order chi connectivity index (χ0) is 13.7. The van der Waals surface area contributed by atoms with E-state index in [1.807, 2.05) is 6.92 Å². The van der Waals surface area contributed by atoms with Gasteiger partial charge in [0.2, 0.25) is 0 Å². The van der Waals surface area contributed by atoms with E-state index < -0.39 is 5.97 Å². The van der Waals surface area contributed by atoms with Gasteiger partial charge < -0.3 is 10.4 Å². The van der Waals surface area contributed by atoms with Crippen molar-refractivity contribution in [2.45, 2.75) is 25.8 Å². The highest BCUT2D eigenvalue weighted by Gasteiger charge is 2.16. The number of hydrogen-bond acceptors (Lipinski definition) is 2. The molecule has 4 nitrogen and oxygen atoms in total. The van der Waals surface area contributed by atoms with E-state index in [0.717, 1.165) is 4.47 Å². The SMILES string of the molecule is CCC(CC(=O)O)NC(=O)c1ccc(Br)cc1Br. The van der Waals surface area contributed by atoms with Crippen LogP contribution in [0.15, 0.2) is 27.1 Å². The predicted molar refractivity (Wildman–Crippen MR) is 75.6 cm³/mol. The Bertz CT molecular complexity index is 463. The molecule has 0 spiro atoms. The average molecular weight is 379 g/mol. The summed E-state index contributed by atoms with van der Waals surface area (Å²) in [5.41, 5.74) is 0.488. The number of amides is 1. The van der Waals surface area contributed by atoms with Gasteiger partial charge in [0.05, 0.1) is 12.0 Å². The fourth-order valence-electron chi connectivity index (χ4n) is 1.44. The van der Waals surface area contributed by atoms with Crippen molar-refractivity contribution < 1.29 is 14.7 Å². The number of halogens is 2. The molecular formula is C12H13Br2NO3. The lowest BCUT2D eigenvalue weighted by atomic mass is 10.1. The summed E-state index contributed by atoms with van der Waals surface area (Å²) in [6, 6.07) is 4.85. The van der Waals surface area contributed by atoms with Crippen LogP contribution < -0.4 is 5.32 Å². The zero-order valence-electron chi connectivity index (χ0n) is 9.74. The molecule has 0 aromatic heterocycles. The summed E-state index contributed by atoms with van der Waals surface area (Å²) in [6.45, 7) is 1.84. The number of carbonyl (C=O) groups is 2. The third-order valence-electron chi connectivity index (χ3n) is 2.42. The first-order valence-corrected chi connectivity index (χ1v) is 7.00. The summed E-state index contributed by atoms with van der Waals surface area (Å²) in [6.07, 6.45) is 0.503. The monoisotopic (exact) mass is 377 g/mol. The van der Waals surface area contributed by atoms with Crippen LogP contribution in [0.3, 0.4) is 0 Å². The number of carboxylic acids is 1. The molecule has 18 heavy (non-hydrogen) atoms. The number of aliphatic carboxylic acids is 1. The standard InChI is InChI=1S/C12H13Br2NO3/c1-2-8(6-11(16)17)15-12(18)9-4-3-7(13)5-10(9)14/h3-5,8H,2,6H2,1H3,(H,15,18)(H,16,17). The normalized spacial score (nSPS) is 11.9. The van der Waals surface area contributed by atoms with Crippen molar-refractivity contribution in [3.63, 3.8) is 0 Å². The van der Waals surface area contributed by atoms with Crippen molar-refractivity contribution in [1.82, 2.24) is 5.32 Å². The average Bonchev–Trinajstić information content (AvgIpc) is 2.27. The number of nitrogens with one attached hydrogen (secondary N) is 1. The van der Waals surface area contributed by atoms with Crippen molar-refractivity contribution in [3.05, 3.63) is 32.7 Å². The maximum atomic E-state index is 12.0. The minimum atomic E-state index is -0.919. The van der Waals surface area contributed by atoms with Gasteiger partial charge in [-0.1, -0.05) is 22.9 Å². The van der Waals surface area contributed by atoms with E-state index in [4.69, 9.17) is 5.11 Å². The van der Waals surface area contributed by atoms with E-state index in [1.54, 1.807) is 18.2 Å². The Balaban J connectivity index is 2.77. The van der Waals surface area contributed by atoms with Gasteiger partial charge >= 0.3 is 5.97 Å². The first-order chi connectivity index (χ1) is 8.43. The number of carboxylic acid groups (broad SMARTS) is 1. The second-order valence-electron chi connectivity index (χ2n) is 3.80. The summed E-state index contributed by atoms with van der Waals surface area (Å²) in [4.78, 5) is 22.6. The molecule has 1 aromatic rings. The molecule has 1 rings (SSSR count). The molecule has 0 aliphatic heterocycles. The second kappa shape index (κ2) is 6.89. The molecule has 0 saturated heterocycles. The molecule has 0 heterocycles. The van der Waals surface area contributed by atoms with Gasteiger partial charge in [-0.25, -0.2) is 0 Å². The van der Waals surface area contributed by atoms with E-state index in [2.05, 4.69) is 37.2 Å². The van der Waals surface area contributed by atoms with Crippen molar-refractivity contribution in [3.8, 4) is 0 Å². The summed E-state index contributed by atoms with van der Waals surface area (Å²) < 4.78 is 1.53. The van der Waals surface area contributed by atoms with Gasteiger partial charge in [0.25, 0.3) is 5.91 Å². The van der Waals surface area contributed by atoms with Crippen LogP contribution in [-0.2, 0) is 4.79 Å². The van der Waals surface area contributed by atoms with Crippen molar-refractivity contribution in [1.29, 1.82) is 0 Å². The molecule has 1 atom stereocenters. The quantitative estimate of drug-likeness (QED) is 0.826. The molecule has 0 saturated carbocycles.